The molecular weight excluding hydrogens is 356 g/mol. The van der Waals surface area contributed by atoms with E-state index in [1.54, 1.807) is 0 Å². The molecule has 0 unspecified atom stereocenters. The highest BCUT2D eigenvalue weighted by Gasteiger charge is 2.26. The number of nitrogens with zero attached hydrogens (tertiary/aromatic N) is 4. The van der Waals surface area contributed by atoms with E-state index in [2.05, 4.69) is 58.0 Å². The van der Waals surface area contributed by atoms with Crippen LogP contribution in [0.3, 0.4) is 0 Å². The van der Waals surface area contributed by atoms with E-state index in [0.29, 0.717) is 0 Å². The molecule has 2 aromatic rings. The summed E-state index contributed by atoms with van der Waals surface area (Å²) in [5.74, 6) is 0. The van der Waals surface area contributed by atoms with E-state index in [1.807, 2.05) is 0 Å². The Balaban J connectivity index is 1.56. The lowest BCUT2D eigenvalue weighted by atomic mass is 9.95. The summed E-state index contributed by atoms with van der Waals surface area (Å²) in [5, 5.41) is 2.86. The fourth-order valence-corrected chi connectivity index (χ4v) is 5.77. The molecule has 4 nitrogen and oxygen atoms in total. The summed E-state index contributed by atoms with van der Waals surface area (Å²) in [5.41, 5.74) is 5.96. The number of anilines is 2. The van der Waals surface area contributed by atoms with E-state index in [9.17, 15) is 0 Å². The third kappa shape index (κ3) is 3.73. The van der Waals surface area contributed by atoms with Gasteiger partial charge in [-0.2, -0.15) is 0 Å². The number of benzene rings is 2. The van der Waals surface area contributed by atoms with Crippen molar-refractivity contribution in [2.75, 3.05) is 56.7 Å². The molecule has 5 rings (SSSR count). The van der Waals surface area contributed by atoms with Crippen LogP contribution in [0.15, 0.2) is 24.3 Å². The van der Waals surface area contributed by atoms with E-state index >= 15 is 0 Å². The van der Waals surface area contributed by atoms with E-state index in [-0.39, 0.29) is 0 Å². The zero-order chi connectivity index (χ0) is 19.8. The number of rotatable bonds is 4. The van der Waals surface area contributed by atoms with Gasteiger partial charge >= 0.3 is 0 Å². The van der Waals surface area contributed by atoms with E-state index in [0.717, 1.165) is 19.8 Å². The van der Waals surface area contributed by atoms with Crippen LogP contribution in [0, 0.1) is 0 Å². The van der Waals surface area contributed by atoms with Crippen molar-refractivity contribution in [3.63, 3.8) is 0 Å². The maximum atomic E-state index is 2.66. The monoisotopic (exact) mass is 392 g/mol. The van der Waals surface area contributed by atoms with Crippen LogP contribution in [-0.2, 0) is 13.1 Å². The van der Waals surface area contributed by atoms with Gasteiger partial charge in [-0.25, -0.2) is 0 Å². The first-order valence-corrected chi connectivity index (χ1v) is 11.6. The van der Waals surface area contributed by atoms with Crippen molar-refractivity contribution in [3.05, 3.63) is 35.4 Å². The minimum Gasteiger partial charge on any atom is -0.356 e. The van der Waals surface area contributed by atoms with Gasteiger partial charge in [0.1, 0.15) is 0 Å². The quantitative estimate of drug-likeness (QED) is 0.750. The summed E-state index contributed by atoms with van der Waals surface area (Å²) in [7, 11) is 4.54. The molecule has 0 saturated carbocycles. The normalized spacial score (nSPS) is 21.2. The summed E-state index contributed by atoms with van der Waals surface area (Å²) in [4.78, 5) is 10.3. The molecule has 0 aromatic heterocycles. The Hall–Kier alpha value is -1.78. The van der Waals surface area contributed by atoms with Gasteiger partial charge in [-0.05, 0) is 68.4 Å². The van der Waals surface area contributed by atoms with Crippen molar-refractivity contribution in [2.24, 2.45) is 0 Å². The van der Waals surface area contributed by atoms with Crippen molar-refractivity contribution in [2.45, 2.75) is 51.6 Å². The van der Waals surface area contributed by atoms with E-state index in [4.69, 9.17) is 0 Å². The zero-order valence-electron chi connectivity index (χ0n) is 18.3. The van der Waals surface area contributed by atoms with Crippen LogP contribution in [0.5, 0.6) is 0 Å². The van der Waals surface area contributed by atoms with Crippen LogP contribution in [-0.4, -0.2) is 56.7 Å². The Kier molecular flexibility index (Phi) is 5.40. The first kappa shape index (κ1) is 19.2. The van der Waals surface area contributed by atoms with Gasteiger partial charge in [0.25, 0.3) is 0 Å². The fraction of sp³-hybridized carbons (Fsp3) is 0.600. The summed E-state index contributed by atoms with van der Waals surface area (Å²) in [6.45, 7) is 8.16. The molecule has 3 aliphatic rings. The molecular formula is C25H36N4. The average Bonchev–Trinajstić information content (AvgIpc) is 2.74. The maximum Gasteiger partial charge on any atom is 0.0897 e. The third-order valence-electron chi connectivity index (χ3n) is 7.17. The molecule has 2 fully saturated rings. The molecule has 2 aromatic carbocycles. The molecule has 0 amide bonds. The Bertz CT molecular complexity index is 798. The van der Waals surface area contributed by atoms with Crippen molar-refractivity contribution in [1.29, 1.82) is 0 Å². The standard InChI is InChI=1S/C25H36N4/c1-26-19-27(2)25-22(18-29-15-7-4-8-16-29)12-10-20-9-11-21(24(26)23(20)25)17-28-13-5-3-6-14-28/h9-12H,3-8,13-19H2,1-2H3. The van der Waals surface area contributed by atoms with Crippen LogP contribution in [0.2, 0.25) is 0 Å². The van der Waals surface area contributed by atoms with Gasteiger partial charge in [0.05, 0.1) is 18.0 Å². The lowest BCUT2D eigenvalue weighted by molar-refractivity contribution is 0.221. The molecule has 3 aliphatic heterocycles. The van der Waals surface area contributed by atoms with Gasteiger partial charge in [0.2, 0.25) is 0 Å². The number of hydrogen-bond acceptors (Lipinski definition) is 4. The largest absolute Gasteiger partial charge is 0.356 e. The molecule has 0 bridgehead atoms. The molecule has 0 atom stereocenters. The summed E-state index contributed by atoms with van der Waals surface area (Å²) in [6.07, 6.45) is 8.21. The van der Waals surface area contributed by atoms with E-state index < -0.39 is 0 Å². The highest BCUT2D eigenvalue weighted by Crippen LogP contribution is 2.43. The SMILES string of the molecule is CN1CN(C)c2c(CN3CCCCC3)ccc3ccc(CN4CCCCC4)c1c23. The van der Waals surface area contributed by atoms with Crippen molar-refractivity contribution >= 4 is 22.1 Å². The van der Waals surface area contributed by atoms with Gasteiger partial charge in [0, 0.05) is 32.6 Å². The Morgan fingerprint density at radius 3 is 1.52 bits per heavy atom. The van der Waals surface area contributed by atoms with Crippen molar-refractivity contribution in [1.82, 2.24) is 9.80 Å². The van der Waals surface area contributed by atoms with Crippen LogP contribution in [0.4, 0.5) is 11.4 Å². The molecule has 3 heterocycles. The maximum absolute atomic E-state index is 2.66. The summed E-state index contributed by atoms with van der Waals surface area (Å²) >= 11 is 0. The Morgan fingerprint density at radius 1 is 0.621 bits per heavy atom. The molecule has 2 saturated heterocycles. The highest BCUT2D eigenvalue weighted by molar-refractivity contribution is 6.07. The van der Waals surface area contributed by atoms with Crippen LogP contribution in [0.1, 0.15) is 49.7 Å². The van der Waals surface area contributed by atoms with Gasteiger partial charge in [-0.15, -0.1) is 0 Å². The van der Waals surface area contributed by atoms with E-state index in [1.165, 1.54) is 98.0 Å². The van der Waals surface area contributed by atoms with Crippen LogP contribution < -0.4 is 9.80 Å². The summed E-state index contributed by atoms with van der Waals surface area (Å²) < 4.78 is 0. The molecule has 156 valence electrons. The second-order valence-corrected chi connectivity index (χ2v) is 9.46. The van der Waals surface area contributed by atoms with Gasteiger partial charge in [-0.1, -0.05) is 37.1 Å². The lowest BCUT2D eigenvalue weighted by Crippen LogP contribution is -2.39. The van der Waals surface area contributed by atoms with Gasteiger partial charge in [0.15, 0.2) is 0 Å². The molecule has 0 aliphatic carbocycles. The van der Waals surface area contributed by atoms with Crippen molar-refractivity contribution < 1.29 is 0 Å². The molecule has 0 spiro atoms. The topological polar surface area (TPSA) is 13.0 Å². The average molecular weight is 393 g/mol. The number of hydrogen-bond donors (Lipinski definition) is 0. The zero-order valence-corrected chi connectivity index (χ0v) is 18.3. The lowest BCUT2D eigenvalue weighted by Gasteiger charge is -2.39. The third-order valence-corrected chi connectivity index (χ3v) is 7.17. The first-order valence-electron chi connectivity index (χ1n) is 11.6. The predicted octanol–water partition coefficient (Wildman–Crippen LogP) is 4.66. The highest BCUT2D eigenvalue weighted by atomic mass is 15.3. The van der Waals surface area contributed by atoms with Crippen molar-refractivity contribution in [3.8, 4) is 0 Å². The molecule has 0 radical (unpaired) electrons. The summed E-state index contributed by atoms with van der Waals surface area (Å²) in [6, 6.07) is 9.50. The minimum atomic E-state index is 0.968. The minimum absolute atomic E-state index is 0.968. The fourth-order valence-electron chi connectivity index (χ4n) is 5.77. The molecule has 4 heteroatoms. The predicted molar refractivity (Wildman–Crippen MR) is 124 cm³/mol. The molecule has 29 heavy (non-hydrogen) atoms. The second-order valence-electron chi connectivity index (χ2n) is 9.46. The number of piperidine rings is 2. The second kappa shape index (κ2) is 8.16. The smallest absolute Gasteiger partial charge is 0.0897 e. The Morgan fingerprint density at radius 2 is 1.07 bits per heavy atom. The first-order chi connectivity index (χ1) is 14.2. The molecule has 0 N–H and O–H groups in total. The van der Waals surface area contributed by atoms with Gasteiger partial charge in [-0.3, -0.25) is 9.80 Å². The number of likely N-dealkylation sites (tertiary alicyclic amines) is 2. The van der Waals surface area contributed by atoms with Crippen LogP contribution >= 0.6 is 0 Å². The van der Waals surface area contributed by atoms with Crippen LogP contribution in [0.25, 0.3) is 10.8 Å². The Labute approximate surface area is 176 Å². The van der Waals surface area contributed by atoms with Gasteiger partial charge < -0.3 is 9.80 Å².